The second-order valence-corrected chi connectivity index (χ2v) is 13.0. The molecule has 0 aromatic carbocycles. The summed E-state index contributed by atoms with van der Waals surface area (Å²) in [6.07, 6.45) is 17.8. The third kappa shape index (κ3) is 22.0. The molecule has 0 radical (unpaired) electrons. The van der Waals surface area contributed by atoms with Crippen LogP contribution in [0.5, 0.6) is 5.88 Å². The highest BCUT2D eigenvalue weighted by molar-refractivity contribution is 7.17. The van der Waals surface area contributed by atoms with Gasteiger partial charge in [-0.05, 0) is 96.2 Å². The highest BCUT2D eigenvalue weighted by Gasteiger charge is 2.38. The fourth-order valence-corrected chi connectivity index (χ4v) is 5.71. The first-order valence-corrected chi connectivity index (χ1v) is 18.7. The number of aromatic nitrogens is 2. The van der Waals surface area contributed by atoms with Gasteiger partial charge >= 0.3 is 0 Å². The maximum atomic E-state index is 12.0. The van der Waals surface area contributed by atoms with Gasteiger partial charge in [0.05, 0.1) is 12.6 Å². The number of nitrogens with one attached hydrogen (secondary N) is 1. The van der Waals surface area contributed by atoms with E-state index < -0.39 is 0 Å². The topological polar surface area (TPSA) is 128 Å². The number of nitrogens with zero attached hydrogens (tertiary/aromatic N) is 3. The molecule has 0 spiro atoms. The monoisotopic (exact) mass is 713 g/mol. The van der Waals surface area contributed by atoms with Gasteiger partial charge in [-0.15, -0.1) is 24.5 Å². The summed E-state index contributed by atoms with van der Waals surface area (Å²) in [6.45, 7) is 24.0. The summed E-state index contributed by atoms with van der Waals surface area (Å²) in [5.74, 6) is 3.02. The Balaban J connectivity index is 0. The van der Waals surface area contributed by atoms with Crippen LogP contribution in [0, 0.1) is 11.8 Å². The van der Waals surface area contributed by atoms with Crippen LogP contribution in [0.2, 0.25) is 0 Å². The summed E-state index contributed by atoms with van der Waals surface area (Å²) in [4.78, 5) is 43.2. The van der Waals surface area contributed by atoms with E-state index in [2.05, 4.69) is 78.9 Å². The number of thiophene rings is 1. The summed E-state index contributed by atoms with van der Waals surface area (Å²) >= 11 is 1.61. The van der Waals surface area contributed by atoms with Crippen LogP contribution in [-0.2, 0) is 20.8 Å². The van der Waals surface area contributed by atoms with Gasteiger partial charge in [-0.3, -0.25) is 14.4 Å². The van der Waals surface area contributed by atoms with Crippen LogP contribution in [-0.4, -0.2) is 59.7 Å². The average Bonchev–Trinajstić information content (AvgIpc) is 3.50. The Morgan fingerprint density at radius 3 is 2.24 bits per heavy atom. The van der Waals surface area contributed by atoms with Crippen LogP contribution in [0.25, 0.3) is 10.2 Å². The predicted octanol–water partition coefficient (Wildman–Crippen LogP) is 9.00. The third-order valence-electron chi connectivity index (χ3n) is 7.45. The molecule has 3 atom stereocenters. The molecule has 3 heterocycles. The second kappa shape index (κ2) is 30.1. The van der Waals surface area contributed by atoms with E-state index in [-0.39, 0.29) is 0 Å². The molecule has 2 aromatic heterocycles. The Morgan fingerprint density at radius 1 is 1.12 bits per heavy atom. The molecule has 1 aliphatic heterocycles. The molecule has 2 unspecified atom stereocenters. The zero-order valence-electron chi connectivity index (χ0n) is 32.6. The van der Waals surface area contributed by atoms with E-state index in [1.54, 1.807) is 39.3 Å². The Kier molecular flexibility index (Phi) is 29.1. The van der Waals surface area contributed by atoms with E-state index in [4.69, 9.17) is 15.3 Å². The number of methoxy groups -OCH3 is 1. The van der Waals surface area contributed by atoms with Gasteiger partial charge in [0.15, 0.2) is 0 Å². The zero-order chi connectivity index (χ0) is 38.5. The lowest BCUT2D eigenvalue weighted by Crippen LogP contribution is -2.33. The normalized spacial score (nSPS) is 16.6. The van der Waals surface area contributed by atoms with Gasteiger partial charge in [-0.1, -0.05) is 57.1 Å². The lowest BCUT2D eigenvalue weighted by atomic mass is 10.1. The number of unbranched alkanes of at least 4 members (excludes halogenated alkanes) is 4. The average molecular weight is 714 g/mol. The highest BCUT2D eigenvalue weighted by atomic mass is 32.1. The Labute approximate surface area is 307 Å². The number of hydrogen-bond acceptors (Lipinski definition) is 8. The predicted molar refractivity (Wildman–Crippen MR) is 213 cm³/mol. The van der Waals surface area contributed by atoms with Crippen LogP contribution in [0.15, 0.2) is 60.7 Å². The number of ketones is 1. The first kappa shape index (κ1) is 48.3. The maximum Gasteiger partial charge on any atom is 0.234 e. The number of likely N-dealkylation sites (tertiary alicyclic amines) is 1. The molecule has 2 fully saturated rings. The summed E-state index contributed by atoms with van der Waals surface area (Å²) in [6, 6.07) is 2.45. The van der Waals surface area contributed by atoms with Crippen LogP contribution in [0.1, 0.15) is 112 Å². The lowest BCUT2D eigenvalue weighted by molar-refractivity contribution is -0.131. The van der Waals surface area contributed by atoms with Crippen molar-refractivity contribution in [3.63, 3.8) is 0 Å². The molecule has 2 aromatic rings. The van der Waals surface area contributed by atoms with Gasteiger partial charge in [0.25, 0.3) is 0 Å². The van der Waals surface area contributed by atoms with Crippen LogP contribution >= 0.6 is 11.3 Å². The number of carbonyl (C=O) groups excluding carboxylic acids is 3. The first-order chi connectivity index (χ1) is 23.9. The summed E-state index contributed by atoms with van der Waals surface area (Å²) < 4.78 is 6.29. The molecule has 282 valence electrons. The van der Waals surface area contributed by atoms with Crippen molar-refractivity contribution in [3.05, 3.63) is 66.5 Å². The fourth-order valence-electron chi connectivity index (χ4n) is 4.91. The van der Waals surface area contributed by atoms with Crippen LogP contribution in [0.4, 0.5) is 0 Å². The standard InChI is InChI=1S/C19H31NO2.C12H14N2OS.C3H7N.C2H5NO.C2H6.C2H4/c1-15-10-9-13-20(15)19(22)12-8-6-4-3-5-7-11-17-14-18(17)16(2)21;1-8(2)4-5-10-13-9-6-7-16-11(9)12(14-10)15-3;1-3(2)4;1-3-2-4;2*1-2/h7,11,15,17-18H,3-6,8-10,12-14H2,1-2H3;4,6-7H,5H2,1-3H3;1,4H2,2H3;2H,1H3,(H,3,4);1-2H3;1-2H2/b11-7-;;;;;/t15?,17?,18-;;;;;/m1...../s1. The molecule has 1 aliphatic carbocycles. The second-order valence-electron chi connectivity index (χ2n) is 12.1. The SMILES string of the molecule is C=C.C=C(C)N.CC.CC(=O)[C@H]1CC1/C=C\CCCCCCC(=O)N1CCCC1C.CNC=O.COc1nc(CC=C(C)C)nc2ccsc12. The number of amides is 2. The zero-order valence-corrected chi connectivity index (χ0v) is 33.4. The third-order valence-corrected chi connectivity index (χ3v) is 8.34. The maximum absolute atomic E-state index is 12.0. The van der Waals surface area contributed by atoms with Crippen LogP contribution in [0.3, 0.4) is 0 Å². The number of allylic oxidation sites excluding steroid dienone is 5. The van der Waals surface area contributed by atoms with Gasteiger partial charge < -0.3 is 20.7 Å². The van der Waals surface area contributed by atoms with Crippen molar-refractivity contribution in [1.29, 1.82) is 0 Å². The molecule has 50 heavy (non-hydrogen) atoms. The molecule has 10 heteroatoms. The van der Waals surface area contributed by atoms with Crippen molar-refractivity contribution in [3.8, 4) is 5.88 Å². The van der Waals surface area contributed by atoms with Crippen molar-refractivity contribution in [1.82, 2.24) is 20.2 Å². The number of Topliss-reactive ketones (excluding diaryl/α,β-unsaturated/α-hetero) is 1. The lowest BCUT2D eigenvalue weighted by Gasteiger charge is -2.21. The van der Waals surface area contributed by atoms with Gasteiger partial charge in [-0.2, -0.15) is 4.98 Å². The van der Waals surface area contributed by atoms with Crippen molar-refractivity contribution in [2.24, 2.45) is 17.6 Å². The van der Waals surface area contributed by atoms with E-state index in [0.717, 1.165) is 61.1 Å². The van der Waals surface area contributed by atoms with E-state index in [9.17, 15) is 9.59 Å². The summed E-state index contributed by atoms with van der Waals surface area (Å²) in [5, 5.41) is 4.26. The number of rotatable bonds is 13. The van der Waals surface area contributed by atoms with Gasteiger partial charge in [0.1, 0.15) is 16.3 Å². The summed E-state index contributed by atoms with van der Waals surface area (Å²) in [7, 11) is 3.21. The molecule has 1 saturated heterocycles. The molecule has 9 nitrogen and oxygen atoms in total. The minimum Gasteiger partial charge on any atom is -0.480 e. The Hall–Kier alpha value is -3.79. The largest absolute Gasteiger partial charge is 0.480 e. The number of fused-ring (bicyclic) bond motifs is 1. The van der Waals surface area contributed by atoms with E-state index in [0.29, 0.717) is 47.6 Å². The molecule has 3 N–H and O–H groups in total. The van der Waals surface area contributed by atoms with E-state index in [1.807, 2.05) is 25.3 Å². The van der Waals surface area contributed by atoms with Crippen molar-refractivity contribution < 1.29 is 19.1 Å². The minimum absolute atomic E-state index is 0.315. The van der Waals surface area contributed by atoms with E-state index >= 15 is 0 Å². The van der Waals surface area contributed by atoms with Crippen molar-refractivity contribution >= 4 is 39.7 Å². The van der Waals surface area contributed by atoms with Gasteiger partial charge in [0.2, 0.25) is 18.2 Å². The van der Waals surface area contributed by atoms with Gasteiger partial charge in [-0.25, -0.2) is 4.98 Å². The number of hydrogen-bond donors (Lipinski definition) is 2. The highest BCUT2D eigenvalue weighted by Crippen LogP contribution is 2.40. The van der Waals surface area contributed by atoms with E-state index in [1.165, 1.54) is 31.3 Å². The number of nitrogens with two attached hydrogens (primary N) is 1. The Bertz CT molecular complexity index is 1300. The molecule has 4 rings (SSSR count). The fraction of sp³-hybridized carbons (Fsp3) is 0.575. The quantitative estimate of drug-likeness (QED) is 0.120. The minimum atomic E-state index is 0.315. The van der Waals surface area contributed by atoms with Crippen molar-refractivity contribution in [2.45, 2.75) is 119 Å². The van der Waals surface area contributed by atoms with Crippen LogP contribution < -0.4 is 15.8 Å². The smallest absolute Gasteiger partial charge is 0.234 e. The van der Waals surface area contributed by atoms with Gasteiger partial charge in [0, 0.05) is 38.4 Å². The molecule has 2 aliphatic rings. The molecular weight excluding hydrogens is 647 g/mol. The Morgan fingerprint density at radius 2 is 1.74 bits per heavy atom. The molecule has 1 saturated carbocycles. The molecular formula is C40H67N5O4S. The van der Waals surface area contributed by atoms with Crippen molar-refractivity contribution in [2.75, 3.05) is 20.7 Å². The first-order valence-electron chi connectivity index (χ1n) is 17.8. The number of ether oxygens (including phenoxy) is 1. The molecule has 0 bridgehead atoms. The molecule has 2 amide bonds. The number of carbonyl (C=O) groups is 3. The summed E-state index contributed by atoms with van der Waals surface area (Å²) in [5.41, 5.74) is 7.82.